The first-order valence-electron chi connectivity index (χ1n) is 9.53. The SMILES string of the molecule is CCOc1ccc(C=C2C(=O)C(C(=O)OC)=C(C)N2c2ccc(C)c(C)c2)cc1. The molecule has 0 spiro atoms. The van der Waals surface area contributed by atoms with Crippen LogP contribution in [0.15, 0.2) is 59.4 Å². The zero-order chi connectivity index (χ0) is 21.1. The van der Waals surface area contributed by atoms with Gasteiger partial charge in [-0.25, -0.2) is 4.79 Å². The molecule has 150 valence electrons. The molecule has 0 fully saturated rings. The molecule has 1 aliphatic heterocycles. The quantitative estimate of drug-likeness (QED) is 0.424. The molecule has 0 bridgehead atoms. The minimum Gasteiger partial charge on any atom is -0.494 e. The predicted molar refractivity (Wildman–Crippen MR) is 114 cm³/mol. The first-order valence-corrected chi connectivity index (χ1v) is 9.53. The fourth-order valence-electron chi connectivity index (χ4n) is 3.34. The Hall–Kier alpha value is -3.34. The number of esters is 1. The van der Waals surface area contributed by atoms with E-state index in [1.807, 2.05) is 68.1 Å². The number of hydrogen-bond acceptors (Lipinski definition) is 5. The minimum absolute atomic E-state index is 0.0583. The van der Waals surface area contributed by atoms with Crippen LogP contribution in [-0.4, -0.2) is 25.5 Å². The molecule has 0 unspecified atom stereocenters. The summed E-state index contributed by atoms with van der Waals surface area (Å²) in [7, 11) is 1.28. The fourth-order valence-corrected chi connectivity index (χ4v) is 3.34. The highest BCUT2D eigenvalue weighted by Gasteiger charge is 2.38. The van der Waals surface area contributed by atoms with Gasteiger partial charge in [-0.3, -0.25) is 4.79 Å². The van der Waals surface area contributed by atoms with Gasteiger partial charge in [0, 0.05) is 11.4 Å². The minimum atomic E-state index is -0.628. The standard InChI is InChI=1S/C24H25NO4/c1-6-29-20-11-8-18(9-12-20)14-21-23(26)22(24(27)28-5)17(4)25(21)19-10-7-15(2)16(3)13-19/h7-14H,6H2,1-5H3. The van der Waals surface area contributed by atoms with E-state index in [-0.39, 0.29) is 11.4 Å². The molecule has 0 radical (unpaired) electrons. The summed E-state index contributed by atoms with van der Waals surface area (Å²) in [6.07, 6.45) is 1.78. The third-order valence-corrected chi connectivity index (χ3v) is 5.03. The first kappa shape index (κ1) is 20.4. The second-order valence-corrected chi connectivity index (χ2v) is 6.92. The Morgan fingerprint density at radius 2 is 1.72 bits per heavy atom. The number of aryl methyl sites for hydroxylation is 2. The highest BCUT2D eigenvalue weighted by atomic mass is 16.5. The number of rotatable bonds is 5. The number of hydrogen-bond donors (Lipinski definition) is 0. The molecule has 0 aromatic heterocycles. The average molecular weight is 391 g/mol. The van der Waals surface area contributed by atoms with Crippen LogP contribution in [-0.2, 0) is 14.3 Å². The van der Waals surface area contributed by atoms with Crippen molar-refractivity contribution in [1.29, 1.82) is 0 Å². The van der Waals surface area contributed by atoms with Gasteiger partial charge in [0.25, 0.3) is 0 Å². The van der Waals surface area contributed by atoms with Crippen molar-refractivity contribution in [2.24, 2.45) is 0 Å². The summed E-state index contributed by atoms with van der Waals surface area (Å²) in [4.78, 5) is 27.2. The third-order valence-electron chi connectivity index (χ3n) is 5.03. The number of carbonyl (C=O) groups is 2. The molecule has 0 aliphatic carbocycles. The largest absolute Gasteiger partial charge is 0.494 e. The molecule has 1 aliphatic rings. The molecule has 0 N–H and O–H groups in total. The number of Topliss-reactive ketones (excluding diaryl/α,β-unsaturated/α-hetero) is 1. The van der Waals surface area contributed by atoms with E-state index in [9.17, 15) is 9.59 Å². The predicted octanol–water partition coefficient (Wildman–Crippen LogP) is 4.58. The lowest BCUT2D eigenvalue weighted by Crippen LogP contribution is -2.18. The lowest BCUT2D eigenvalue weighted by Gasteiger charge is -2.22. The zero-order valence-electron chi connectivity index (χ0n) is 17.4. The molecule has 0 amide bonds. The fraction of sp³-hybridized carbons (Fsp3) is 0.250. The van der Waals surface area contributed by atoms with Gasteiger partial charge >= 0.3 is 5.97 Å². The number of benzene rings is 2. The van der Waals surface area contributed by atoms with Crippen LogP contribution in [0.25, 0.3) is 6.08 Å². The van der Waals surface area contributed by atoms with Crippen LogP contribution in [0.4, 0.5) is 5.69 Å². The van der Waals surface area contributed by atoms with E-state index in [0.717, 1.165) is 28.1 Å². The van der Waals surface area contributed by atoms with Gasteiger partial charge in [0.05, 0.1) is 19.4 Å². The van der Waals surface area contributed by atoms with Crippen LogP contribution in [0.5, 0.6) is 5.75 Å². The summed E-state index contributed by atoms with van der Waals surface area (Å²) in [6, 6.07) is 13.5. The summed E-state index contributed by atoms with van der Waals surface area (Å²) >= 11 is 0. The van der Waals surface area contributed by atoms with Crippen LogP contribution in [0.3, 0.4) is 0 Å². The molecule has 5 heteroatoms. The Morgan fingerprint density at radius 3 is 2.31 bits per heavy atom. The Kier molecular flexibility index (Phi) is 5.87. The van der Waals surface area contributed by atoms with E-state index >= 15 is 0 Å². The number of allylic oxidation sites excluding steroid dienone is 2. The summed E-state index contributed by atoms with van der Waals surface area (Å²) < 4.78 is 10.3. The highest BCUT2D eigenvalue weighted by molar-refractivity contribution is 6.30. The van der Waals surface area contributed by atoms with Gasteiger partial charge < -0.3 is 14.4 Å². The van der Waals surface area contributed by atoms with Crippen molar-refractivity contribution in [1.82, 2.24) is 0 Å². The molecule has 2 aromatic carbocycles. The van der Waals surface area contributed by atoms with E-state index in [1.54, 1.807) is 13.0 Å². The molecular formula is C24H25NO4. The lowest BCUT2D eigenvalue weighted by molar-refractivity contribution is -0.137. The van der Waals surface area contributed by atoms with E-state index in [2.05, 4.69) is 0 Å². The second-order valence-electron chi connectivity index (χ2n) is 6.92. The Morgan fingerprint density at radius 1 is 1.03 bits per heavy atom. The average Bonchev–Trinajstić information content (AvgIpc) is 2.95. The Balaban J connectivity index is 2.10. The molecule has 0 saturated heterocycles. The van der Waals surface area contributed by atoms with Gasteiger partial charge in [-0.15, -0.1) is 0 Å². The number of carbonyl (C=O) groups excluding carboxylic acids is 2. The normalized spacial score (nSPS) is 15.3. The lowest BCUT2D eigenvalue weighted by atomic mass is 10.1. The summed E-state index contributed by atoms with van der Waals surface area (Å²) in [5.41, 5.74) is 4.96. The molecule has 5 nitrogen and oxygen atoms in total. The number of ether oxygens (including phenoxy) is 2. The van der Waals surface area contributed by atoms with E-state index in [1.165, 1.54) is 7.11 Å². The highest BCUT2D eigenvalue weighted by Crippen LogP contribution is 2.36. The zero-order valence-corrected chi connectivity index (χ0v) is 17.4. The first-order chi connectivity index (χ1) is 13.9. The molecular weight excluding hydrogens is 366 g/mol. The van der Waals surface area contributed by atoms with Crippen molar-refractivity contribution in [3.63, 3.8) is 0 Å². The maximum absolute atomic E-state index is 13.1. The summed E-state index contributed by atoms with van der Waals surface area (Å²) in [5, 5.41) is 0. The number of anilines is 1. The van der Waals surface area contributed by atoms with Gasteiger partial charge in [0.2, 0.25) is 5.78 Å². The van der Waals surface area contributed by atoms with Crippen molar-refractivity contribution in [3.05, 3.63) is 76.1 Å². The van der Waals surface area contributed by atoms with Crippen LogP contribution in [0, 0.1) is 13.8 Å². The van der Waals surface area contributed by atoms with Gasteiger partial charge in [-0.05, 0) is 74.7 Å². The molecule has 3 rings (SSSR count). The van der Waals surface area contributed by atoms with Crippen LogP contribution < -0.4 is 9.64 Å². The summed E-state index contributed by atoms with van der Waals surface area (Å²) in [6.45, 7) is 8.33. The van der Waals surface area contributed by atoms with Crippen molar-refractivity contribution in [2.75, 3.05) is 18.6 Å². The van der Waals surface area contributed by atoms with Crippen molar-refractivity contribution in [3.8, 4) is 5.75 Å². The number of ketones is 1. The Bertz CT molecular complexity index is 1020. The second kappa shape index (κ2) is 8.35. The maximum atomic E-state index is 13.1. The molecule has 29 heavy (non-hydrogen) atoms. The monoisotopic (exact) mass is 391 g/mol. The molecule has 0 saturated carbocycles. The number of methoxy groups -OCH3 is 1. The van der Waals surface area contributed by atoms with Gasteiger partial charge in [0.1, 0.15) is 11.3 Å². The van der Waals surface area contributed by atoms with Crippen molar-refractivity contribution in [2.45, 2.75) is 27.7 Å². The van der Waals surface area contributed by atoms with Gasteiger partial charge in [-0.2, -0.15) is 0 Å². The third kappa shape index (κ3) is 3.94. The van der Waals surface area contributed by atoms with Crippen LogP contribution in [0.2, 0.25) is 0 Å². The van der Waals surface area contributed by atoms with E-state index in [0.29, 0.717) is 18.0 Å². The van der Waals surface area contributed by atoms with E-state index in [4.69, 9.17) is 9.47 Å². The molecule has 1 heterocycles. The van der Waals surface area contributed by atoms with Crippen molar-refractivity contribution < 1.29 is 19.1 Å². The van der Waals surface area contributed by atoms with Crippen molar-refractivity contribution >= 4 is 23.5 Å². The Labute approximate surface area is 171 Å². The van der Waals surface area contributed by atoms with Gasteiger partial charge in [-0.1, -0.05) is 18.2 Å². The van der Waals surface area contributed by atoms with Crippen LogP contribution in [0.1, 0.15) is 30.5 Å². The topological polar surface area (TPSA) is 55.8 Å². The maximum Gasteiger partial charge on any atom is 0.343 e. The van der Waals surface area contributed by atoms with Gasteiger partial charge in [0.15, 0.2) is 0 Å². The van der Waals surface area contributed by atoms with E-state index < -0.39 is 5.97 Å². The molecule has 0 atom stereocenters. The van der Waals surface area contributed by atoms with Crippen LogP contribution >= 0.6 is 0 Å². The summed E-state index contributed by atoms with van der Waals surface area (Å²) in [5.74, 6) is -0.208. The molecule has 2 aromatic rings. The smallest absolute Gasteiger partial charge is 0.343 e. The number of nitrogens with zero attached hydrogens (tertiary/aromatic N) is 1.